The fourth-order valence-electron chi connectivity index (χ4n) is 2.98. The van der Waals surface area contributed by atoms with Crippen LogP contribution in [0.2, 0.25) is 0 Å². The average molecular weight is 264 g/mol. The fourth-order valence-corrected chi connectivity index (χ4v) is 2.98. The molecule has 0 amide bonds. The first-order chi connectivity index (χ1) is 8.94. The summed E-state index contributed by atoms with van der Waals surface area (Å²) in [6.45, 7) is 13.3. The molecule has 1 saturated heterocycles. The molecule has 1 N–H and O–H groups in total. The van der Waals surface area contributed by atoms with Gasteiger partial charge in [0.1, 0.15) is 5.82 Å². The number of hydrogen-bond acceptors (Lipinski definition) is 3. The lowest BCUT2D eigenvalue weighted by Crippen LogP contribution is -2.26. The lowest BCUT2D eigenvalue weighted by molar-refractivity contribution is 0.418. The highest BCUT2D eigenvalue weighted by Gasteiger charge is 2.32. The van der Waals surface area contributed by atoms with E-state index in [0.717, 1.165) is 31.9 Å². The molecule has 0 radical (unpaired) electrons. The van der Waals surface area contributed by atoms with Crippen molar-refractivity contribution >= 4 is 5.82 Å². The quantitative estimate of drug-likeness (QED) is 0.829. The van der Waals surface area contributed by atoms with E-state index in [1.807, 2.05) is 0 Å². The van der Waals surface area contributed by atoms with Gasteiger partial charge in [0.2, 0.25) is 0 Å². The second-order valence-corrected chi connectivity index (χ2v) is 6.52. The van der Waals surface area contributed by atoms with Crippen molar-refractivity contribution in [2.24, 2.45) is 12.5 Å². The Hall–Kier alpha value is -1.03. The smallest absolute Gasteiger partial charge is 0.131 e. The van der Waals surface area contributed by atoms with Crippen LogP contribution in [0, 0.1) is 12.3 Å². The van der Waals surface area contributed by atoms with Crippen LogP contribution in [0.15, 0.2) is 0 Å². The summed E-state index contributed by atoms with van der Waals surface area (Å²) in [6.07, 6.45) is 2.43. The molecule has 1 aromatic rings. The van der Waals surface area contributed by atoms with E-state index in [1.54, 1.807) is 0 Å². The predicted octanol–water partition coefficient (Wildman–Crippen LogP) is 2.46. The Morgan fingerprint density at radius 3 is 2.68 bits per heavy atom. The zero-order valence-electron chi connectivity index (χ0n) is 13.1. The molecular formula is C15H28N4. The maximum atomic E-state index is 4.62. The normalized spacial score (nSPS) is 18.3. The van der Waals surface area contributed by atoms with E-state index in [4.69, 9.17) is 0 Å². The van der Waals surface area contributed by atoms with Crippen LogP contribution in [-0.4, -0.2) is 29.4 Å². The number of aromatic nitrogens is 2. The van der Waals surface area contributed by atoms with Crippen LogP contribution in [0.3, 0.4) is 0 Å². The Kier molecular flexibility index (Phi) is 4.19. The second kappa shape index (κ2) is 5.53. The van der Waals surface area contributed by atoms with Gasteiger partial charge in [-0.15, -0.1) is 0 Å². The third kappa shape index (κ3) is 3.11. The van der Waals surface area contributed by atoms with Gasteiger partial charge in [-0.25, -0.2) is 0 Å². The number of hydrogen-bond donors (Lipinski definition) is 1. The van der Waals surface area contributed by atoms with Gasteiger partial charge in [-0.05, 0) is 31.7 Å². The van der Waals surface area contributed by atoms with E-state index in [1.165, 1.54) is 24.2 Å². The first-order valence-corrected chi connectivity index (χ1v) is 7.43. The maximum Gasteiger partial charge on any atom is 0.131 e. The highest BCUT2D eigenvalue weighted by Crippen LogP contribution is 2.34. The minimum Gasteiger partial charge on any atom is -0.356 e. The fraction of sp³-hybridized carbons (Fsp3) is 0.800. The van der Waals surface area contributed by atoms with Gasteiger partial charge >= 0.3 is 0 Å². The summed E-state index contributed by atoms with van der Waals surface area (Å²) in [5.41, 5.74) is 2.95. The molecule has 1 aliphatic heterocycles. The molecule has 1 aliphatic rings. The Morgan fingerprint density at radius 1 is 1.37 bits per heavy atom. The van der Waals surface area contributed by atoms with E-state index >= 15 is 0 Å². The SMILES string of the molecule is CCCNCc1c(C)nn(C)c1N1CCC(C)(C)C1. The number of aryl methyl sites for hydroxylation is 2. The van der Waals surface area contributed by atoms with Crippen LogP contribution < -0.4 is 10.2 Å². The number of anilines is 1. The molecule has 1 fully saturated rings. The zero-order valence-corrected chi connectivity index (χ0v) is 13.1. The van der Waals surface area contributed by atoms with Crippen molar-refractivity contribution in [3.8, 4) is 0 Å². The van der Waals surface area contributed by atoms with Crippen LogP contribution in [0.1, 0.15) is 44.9 Å². The molecular weight excluding hydrogens is 236 g/mol. The minimum atomic E-state index is 0.423. The Balaban J connectivity index is 2.19. The molecule has 4 nitrogen and oxygen atoms in total. The number of nitrogens with zero attached hydrogens (tertiary/aromatic N) is 3. The van der Waals surface area contributed by atoms with Crippen molar-refractivity contribution in [3.63, 3.8) is 0 Å². The zero-order chi connectivity index (χ0) is 14.0. The molecule has 0 aromatic carbocycles. The molecule has 1 aromatic heterocycles. The van der Waals surface area contributed by atoms with Gasteiger partial charge in [-0.3, -0.25) is 4.68 Å². The molecule has 0 atom stereocenters. The molecule has 2 rings (SSSR count). The van der Waals surface area contributed by atoms with E-state index in [0.29, 0.717) is 5.41 Å². The van der Waals surface area contributed by atoms with Crippen LogP contribution in [0.5, 0.6) is 0 Å². The molecule has 0 saturated carbocycles. The summed E-state index contributed by atoms with van der Waals surface area (Å²) in [7, 11) is 2.07. The van der Waals surface area contributed by atoms with E-state index in [2.05, 4.69) is 54.7 Å². The number of nitrogens with one attached hydrogen (secondary N) is 1. The van der Waals surface area contributed by atoms with E-state index in [9.17, 15) is 0 Å². The third-order valence-electron chi connectivity index (χ3n) is 4.02. The van der Waals surface area contributed by atoms with Crippen molar-refractivity contribution in [3.05, 3.63) is 11.3 Å². The summed E-state index contributed by atoms with van der Waals surface area (Å²) >= 11 is 0. The summed E-state index contributed by atoms with van der Waals surface area (Å²) in [5, 5.41) is 8.13. The van der Waals surface area contributed by atoms with Gasteiger partial charge in [-0.1, -0.05) is 20.8 Å². The average Bonchev–Trinajstić information content (AvgIpc) is 2.80. The molecule has 0 aliphatic carbocycles. The van der Waals surface area contributed by atoms with Crippen molar-refractivity contribution in [2.45, 2.75) is 47.1 Å². The Labute approximate surface area is 117 Å². The lowest BCUT2D eigenvalue weighted by Gasteiger charge is -2.23. The van der Waals surface area contributed by atoms with Crippen molar-refractivity contribution in [1.82, 2.24) is 15.1 Å². The molecule has 2 heterocycles. The number of rotatable bonds is 5. The van der Waals surface area contributed by atoms with Crippen LogP contribution in [-0.2, 0) is 13.6 Å². The van der Waals surface area contributed by atoms with Crippen LogP contribution in [0.4, 0.5) is 5.82 Å². The van der Waals surface area contributed by atoms with Gasteiger partial charge in [0.15, 0.2) is 0 Å². The Morgan fingerprint density at radius 2 is 2.11 bits per heavy atom. The largest absolute Gasteiger partial charge is 0.356 e. The highest BCUT2D eigenvalue weighted by molar-refractivity contribution is 5.51. The van der Waals surface area contributed by atoms with Gasteiger partial charge in [0, 0.05) is 32.2 Å². The van der Waals surface area contributed by atoms with Gasteiger partial charge in [-0.2, -0.15) is 5.10 Å². The van der Waals surface area contributed by atoms with E-state index in [-0.39, 0.29) is 0 Å². The molecule has 0 spiro atoms. The van der Waals surface area contributed by atoms with Crippen molar-refractivity contribution in [2.75, 3.05) is 24.5 Å². The van der Waals surface area contributed by atoms with Crippen molar-refractivity contribution < 1.29 is 0 Å². The third-order valence-corrected chi connectivity index (χ3v) is 4.02. The predicted molar refractivity (Wildman–Crippen MR) is 80.6 cm³/mol. The van der Waals surface area contributed by atoms with Gasteiger partial charge < -0.3 is 10.2 Å². The molecule has 4 heteroatoms. The first kappa shape index (κ1) is 14.4. The topological polar surface area (TPSA) is 33.1 Å². The molecule has 108 valence electrons. The van der Waals surface area contributed by atoms with Gasteiger partial charge in [0.25, 0.3) is 0 Å². The minimum absolute atomic E-state index is 0.423. The van der Waals surface area contributed by atoms with Crippen LogP contribution >= 0.6 is 0 Å². The van der Waals surface area contributed by atoms with Gasteiger partial charge in [0.05, 0.1) is 5.69 Å². The Bertz CT molecular complexity index is 434. The summed E-state index contributed by atoms with van der Waals surface area (Å²) < 4.78 is 2.06. The van der Waals surface area contributed by atoms with E-state index < -0.39 is 0 Å². The molecule has 0 unspecified atom stereocenters. The first-order valence-electron chi connectivity index (χ1n) is 7.43. The van der Waals surface area contributed by atoms with Crippen LogP contribution in [0.25, 0.3) is 0 Å². The second-order valence-electron chi connectivity index (χ2n) is 6.52. The molecule has 19 heavy (non-hydrogen) atoms. The lowest BCUT2D eigenvalue weighted by atomic mass is 9.93. The summed E-state index contributed by atoms with van der Waals surface area (Å²) in [6, 6.07) is 0. The summed E-state index contributed by atoms with van der Waals surface area (Å²) in [4.78, 5) is 2.50. The maximum absolute atomic E-state index is 4.62. The highest BCUT2D eigenvalue weighted by atomic mass is 15.4. The molecule has 0 bridgehead atoms. The summed E-state index contributed by atoms with van der Waals surface area (Å²) in [5.74, 6) is 1.31. The standard InChI is InChI=1S/C15H28N4/c1-6-8-16-10-13-12(2)17-18(5)14(13)19-9-7-15(3,4)11-19/h16H,6-11H2,1-5H3. The monoisotopic (exact) mass is 264 g/mol. The van der Waals surface area contributed by atoms with Crippen molar-refractivity contribution in [1.29, 1.82) is 0 Å².